The average Bonchev–Trinajstić information content (AvgIpc) is 2.59. The third kappa shape index (κ3) is 3.66. The lowest BCUT2D eigenvalue weighted by Crippen LogP contribution is -2.16. The van der Waals surface area contributed by atoms with Gasteiger partial charge in [-0.1, -0.05) is 54.6 Å². The molecule has 0 heterocycles. The number of nitrogens with one attached hydrogen (secondary N) is 1. The minimum absolute atomic E-state index is 0.886. The fourth-order valence-corrected chi connectivity index (χ4v) is 2.60. The molecule has 0 radical (unpaired) electrons. The lowest BCUT2D eigenvalue weighted by atomic mass is 10.1. The van der Waals surface area contributed by atoms with Gasteiger partial charge in [-0.25, -0.2) is 0 Å². The first-order chi connectivity index (χ1) is 10.8. The van der Waals surface area contributed by atoms with Crippen LogP contribution in [0.15, 0.2) is 66.7 Å². The minimum atomic E-state index is 0.886. The molecule has 0 aliphatic carbocycles. The van der Waals surface area contributed by atoms with E-state index in [4.69, 9.17) is 4.74 Å². The lowest BCUT2D eigenvalue weighted by Gasteiger charge is -2.07. The van der Waals surface area contributed by atoms with Gasteiger partial charge in [-0.2, -0.15) is 0 Å². The van der Waals surface area contributed by atoms with Crippen LogP contribution in [0.2, 0.25) is 0 Å². The van der Waals surface area contributed by atoms with E-state index in [9.17, 15) is 0 Å². The molecule has 0 atom stereocenters. The van der Waals surface area contributed by atoms with E-state index in [-0.39, 0.29) is 0 Å². The van der Waals surface area contributed by atoms with E-state index in [1.54, 1.807) is 7.11 Å². The second-order valence-electron chi connectivity index (χ2n) is 5.46. The summed E-state index contributed by atoms with van der Waals surface area (Å²) in [7, 11) is 1.69. The van der Waals surface area contributed by atoms with Crippen LogP contribution in [0.4, 0.5) is 0 Å². The van der Waals surface area contributed by atoms with Gasteiger partial charge in [0.05, 0.1) is 7.11 Å². The molecule has 0 aliphatic rings. The second kappa shape index (κ2) is 7.10. The molecule has 2 nitrogen and oxygen atoms in total. The molecule has 0 aliphatic heterocycles. The normalized spacial score (nSPS) is 10.8. The molecule has 112 valence electrons. The molecule has 0 aromatic heterocycles. The van der Waals surface area contributed by atoms with Crippen molar-refractivity contribution in [1.29, 1.82) is 0 Å². The van der Waals surface area contributed by atoms with Crippen molar-refractivity contribution >= 4 is 10.8 Å². The van der Waals surface area contributed by atoms with E-state index in [2.05, 4.69) is 59.9 Å². The van der Waals surface area contributed by atoms with Crippen molar-refractivity contribution in [1.82, 2.24) is 5.32 Å². The monoisotopic (exact) mass is 291 g/mol. The molecule has 0 unspecified atom stereocenters. The van der Waals surface area contributed by atoms with Crippen molar-refractivity contribution in [2.24, 2.45) is 0 Å². The zero-order chi connectivity index (χ0) is 15.2. The van der Waals surface area contributed by atoms with Gasteiger partial charge in [0.1, 0.15) is 5.75 Å². The van der Waals surface area contributed by atoms with Gasteiger partial charge in [-0.15, -0.1) is 0 Å². The number of hydrogen-bond donors (Lipinski definition) is 1. The van der Waals surface area contributed by atoms with E-state index in [1.807, 2.05) is 12.1 Å². The quantitative estimate of drug-likeness (QED) is 0.688. The number of ether oxygens (including phenoxy) is 1. The van der Waals surface area contributed by atoms with Crippen LogP contribution in [0.5, 0.6) is 5.75 Å². The predicted molar refractivity (Wildman–Crippen MR) is 92.4 cm³/mol. The van der Waals surface area contributed by atoms with Crippen molar-refractivity contribution in [3.05, 3.63) is 77.9 Å². The van der Waals surface area contributed by atoms with Crippen LogP contribution in [-0.4, -0.2) is 13.7 Å². The number of benzene rings is 3. The minimum Gasteiger partial charge on any atom is -0.497 e. The highest BCUT2D eigenvalue weighted by Gasteiger charge is 1.98. The van der Waals surface area contributed by atoms with E-state index >= 15 is 0 Å². The third-order valence-corrected chi connectivity index (χ3v) is 3.89. The molecule has 0 saturated carbocycles. The van der Waals surface area contributed by atoms with Gasteiger partial charge < -0.3 is 10.1 Å². The summed E-state index contributed by atoms with van der Waals surface area (Å²) in [5.41, 5.74) is 2.65. The highest BCUT2D eigenvalue weighted by molar-refractivity contribution is 5.82. The maximum absolute atomic E-state index is 5.17. The molecule has 3 aromatic carbocycles. The van der Waals surface area contributed by atoms with Crippen LogP contribution >= 0.6 is 0 Å². The topological polar surface area (TPSA) is 21.3 Å². The van der Waals surface area contributed by atoms with Crippen LogP contribution < -0.4 is 10.1 Å². The van der Waals surface area contributed by atoms with Gasteiger partial charge in [0, 0.05) is 6.54 Å². The highest BCUT2D eigenvalue weighted by Crippen LogP contribution is 2.16. The van der Waals surface area contributed by atoms with Gasteiger partial charge in [0.25, 0.3) is 0 Å². The largest absolute Gasteiger partial charge is 0.497 e. The Morgan fingerprint density at radius 3 is 2.32 bits per heavy atom. The molecule has 22 heavy (non-hydrogen) atoms. The van der Waals surface area contributed by atoms with E-state index in [0.717, 1.165) is 25.3 Å². The van der Waals surface area contributed by atoms with Gasteiger partial charge in [0.2, 0.25) is 0 Å². The maximum atomic E-state index is 5.17. The van der Waals surface area contributed by atoms with E-state index < -0.39 is 0 Å². The molecule has 0 bridgehead atoms. The molecule has 0 fully saturated rings. The van der Waals surface area contributed by atoms with Gasteiger partial charge in [0.15, 0.2) is 0 Å². The van der Waals surface area contributed by atoms with Crippen LogP contribution in [0.25, 0.3) is 10.8 Å². The number of fused-ring (bicyclic) bond motifs is 1. The van der Waals surface area contributed by atoms with Crippen molar-refractivity contribution in [3.63, 3.8) is 0 Å². The molecular formula is C20H21NO. The maximum Gasteiger partial charge on any atom is 0.118 e. The molecule has 2 heteroatoms. The van der Waals surface area contributed by atoms with Crippen molar-refractivity contribution in [2.45, 2.75) is 13.0 Å². The van der Waals surface area contributed by atoms with Crippen LogP contribution in [0.1, 0.15) is 11.1 Å². The Kier molecular flexibility index (Phi) is 4.71. The Balaban J connectivity index is 1.51. The van der Waals surface area contributed by atoms with Crippen LogP contribution in [0, 0.1) is 0 Å². The zero-order valence-corrected chi connectivity index (χ0v) is 12.9. The first-order valence-corrected chi connectivity index (χ1v) is 7.66. The molecular weight excluding hydrogens is 270 g/mol. The Morgan fingerprint density at radius 1 is 0.818 bits per heavy atom. The summed E-state index contributed by atoms with van der Waals surface area (Å²) in [5, 5.41) is 6.11. The number of rotatable bonds is 6. The molecule has 0 spiro atoms. The summed E-state index contributed by atoms with van der Waals surface area (Å²) in [5.74, 6) is 0.903. The van der Waals surface area contributed by atoms with E-state index in [1.165, 1.54) is 21.9 Å². The van der Waals surface area contributed by atoms with E-state index in [0.29, 0.717) is 0 Å². The summed E-state index contributed by atoms with van der Waals surface area (Å²) in [6.07, 6.45) is 1.04. The number of hydrogen-bond acceptors (Lipinski definition) is 2. The van der Waals surface area contributed by atoms with Crippen molar-refractivity contribution in [2.75, 3.05) is 13.7 Å². The van der Waals surface area contributed by atoms with Gasteiger partial charge in [-0.05, 0) is 47.0 Å². The first-order valence-electron chi connectivity index (χ1n) is 7.66. The molecule has 3 rings (SSSR count). The first kappa shape index (κ1) is 14.6. The Hall–Kier alpha value is -2.32. The number of methoxy groups -OCH3 is 1. The van der Waals surface area contributed by atoms with Gasteiger partial charge >= 0.3 is 0 Å². The molecule has 0 amide bonds. The predicted octanol–water partition coefficient (Wildman–Crippen LogP) is 4.18. The summed E-state index contributed by atoms with van der Waals surface area (Å²) in [6.45, 7) is 1.86. The Morgan fingerprint density at radius 2 is 1.55 bits per heavy atom. The Bertz CT molecular complexity index is 734. The molecule has 1 N–H and O–H groups in total. The van der Waals surface area contributed by atoms with Crippen LogP contribution in [0.3, 0.4) is 0 Å². The Labute approximate surface area is 131 Å². The van der Waals surface area contributed by atoms with Crippen molar-refractivity contribution in [3.8, 4) is 5.75 Å². The SMILES string of the molecule is COc1ccc(CNCCc2ccc3ccccc3c2)cc1. The molecule has 0 saturated heterocycles. The third-order valence-electron chi connectivity index (χ3n) is 3.89. The van der Waals surface area contributed by atoms with Crippen LogP contribution in [-0.2, 0) is 13.0 Å². The molecule has 3 aromatic rings. The fraction of sp³-hybridized carbons (Fsp3) is 0.200. The summed E-state index contributed by atoms with van der Waals surface area (Å²) >= 11 is 0. The second-order valence-corrected chi connectivity index (χ2v) is 5.46. The standard InChI is InChI=1S/C20H21NO/c1-22-20-10-7-17(8-11-20)15-21-13-12-16-6-9-18-4-2-3-5-19(18)14-16/h2-11,14,21H,12-13,15H2,1H3. The van der Waals surface area contributed by atoms with Crippen molar-refractivity contribution < 1.29 is 4.74 Å². The zero-order valence-electron chi connectivity index (χ0n) is 12.9. The highest BCUT2D eigenvalue weighted by atomic mass is 16.5. The van der Waals surface area contributed by atoms with Gasteiger partial charge in [-0.3, -0.25) is 0 Å². The average molecular weight is 291 g/mol. The summed E-state index contributed by atoms with van der Waals surface area (Å²) in [6, 6.07) is 23.4. The summed E-state index contributed by atoms with van der Waals surface area (Å²) < 4.78 is 5.17. The fourth-order valence-electron chi connectivity index (χ4n) is 2.60. The lowest BCUT2D eigenvalue weighted by molar-refractivity contribution is 0.414. The summed E-state index contributed by atoms with van der Waals surface area (Å²) in [4.78, 5) is 0. The smallest absolute Gasteiger partial charge is 0.118 e.